The summed E-state index contributed by atoms with van der Waals surface area (Å²) in [5.74, 6) is 0.447. The molecule has 2 bridgehead atoms. The summed E-state index contributed by atoms with van der Waals surface area (Å²) in [7, 11) is 1.83. The van der Waals surface area contributed by atoms with E-state index in [0.717, 1.165) is 32.1 Å². The highest BCUT2D eigenvalue weighted by atomic mass is 19.3. The van der Waals surface area contributed by atoms with Crippen LogP contribution in [-0.2, 0) is 4.74 Å². The third-order valence-corrected chi connectivity index (χ3v) is 9.09. The van der Waals surface area contributed by atoms with E-state index >= 15 is 0 Å². The van der Waals surface area contributed by atoms with Crippen LogP contribution in [0.25, 0.3) is 0 Å². The molecule has 0 spiro atoms. The highest BCUT2D eigenvalue weighted by Crippen LogP contribution is 2.54. The molecule has 200 valence electrons. The quantitative estimate of drug-likeness (QED) is 0.425. The summed E-state index contributed by atoms with van der Waals surface area (Å²) in [6.07, 6.45) is 12.2. The highest BCUT2D eigenvalue weighted by molar-refractivity contribution is 5.97. The van der Waals surface area contributed by atoms with Crippen LogP contribution in [0.5, 0.6) is 5.75 Å². The number of nitrogens with one attached hydrogen (secondary N) is 1. The Morgan fingerprint density at radius 3 is 2.86 bits per heavy atom. The smallest absolute Gasteiger partial charge is 0.387 e. The SMILES string of the molecule is CN1C(=O)c2cccc(OC(F)F)c2C2CC1C1NN3C=CC(C4=CC[C@@H](OCCCO)CC4)CC3C21. The Hall–Kier alpha value is -2.49. The predicted molar refractivity (Wildman–Crippen MR) is 133 cm³/mol. The summed E-state index contributed by atoms with van der Waals surface area (Å²) in [4.78, 5) is 15.1. The molecule has 9 heteroatoms. The normalized spacial score (nSPS) is 34.2. The summed E-state index contributed by atoms with van der Waals surface area (Å²) in [5, 5.41) is 11.2. The van der Waals surface area contributed by atoms with Crippen LogP contribution < -0.4 is 10.2 Å². The molecule has 1 saturated heterocycles. The maximum absolute atomic E-state index is 13.3. The number of hydrazine groups is 1. The van der Waals surface area contributed by atoms with Crippen LogP contribution in [-0.4, -0.2) is 72.0 Å². The Kier molecular flexibility index (Phi) is 6.71. The lowest BCUT2D eigenvalue weighted by molar-refractivity contribution is -0.0508. The number of hydrogen-bond acceptors (Lipinski definition) is 6. The van der Waals surface area contributed by atoms with Crippen molar-refractivity contribution in [2.24, 2.45) is 11.8 Å². The van der Waals surface area contributed by atoms with Gasteiger partial charge in [-0.25, -0.2) is 5.43 Å². The molecule has 6 unspecified atom stereocenters. The molecule has 37 heavy (non-hydrogen) atoms. The van der Waals surface area contributed by atoms with Crippen molar-refractivity contribution in [2.75, 3.05) is 20.3 Å². The van der Waals surface area contributed by atoms with Crippen LogP contribution in [0, 0.1) is 11.8 Å². The van der Waals surface area contributed by atoms with Crippen molar-refractivity contribution in [3.63, 3.8) is 0 Å². The minimum atomic E-state index is -2.94. The van der Waals surface area contributed by atoms with E-state index in [1.54, 1.807) is 23.1 Å². The molecule has 2 fully saturated rings. The fraction of sp³-hybridized carbons (Fsp3) is 0.607. The van der Waals surface area contributed by atoms with Gasteiger partial charge in [0, 0.05) is 55.5 Å². The summed E-state index contributed by atoms with van der Waals surface area (Å²) in [6.45, 7) is -2.19. The van der Waals surface area contributed by atoms with Gasteiger partial charge in [0.05, 0.1) is 18.2 Å². The maximum atomic E-state index is 13.3. The number of ether oxygens (including phenoxy) is 2. The first-order chi connectivity index (χ1) is 18.0. The van der Waals surface area contributed by atoms with Gasteiger partial charge in [-0.15, -0.1) is 0 Å². The van der Waals surface area contributed by atoms with Gasteiger partial charge in [-0.3, -0.25) is 4.79 Å². The van der Waals surface area contributed by atoms with Gasteiger partial charge < -0.3 is 24.5 Å². The van der Waals surface area contributed by atoms with Gasteiger partial charge in [-0.1, -0.05) is 23.8 Å². The molecule has 1 aromatic carbocycles. The fourth-order valence-corrected chi connectivity index (χ4v) is 7.43. The van der Waals surface area contributed by atoms with Crippen molar-refractivity contribution in [2.45, 2.75) is 75.3 Å². The number of nitrogens with zero attached hydrogens (tertiary/aromatic N) is 2. The van der Waals surface area contributed by atoms with Gasteiger partial charge in [0.15, 0.2) is 0 Å². The monoisotopic (exact) mass is 515 g/mol. The molecule has 2 aliphatic carbocycles. The Balaban J connectivity index is 1.26. The van der Waals surface area contributed by atoms with E-state index in [-0.39, 0.29) is 54.3 Å². The van der Waals surface area contributed by atoms with Crippen LogP contribution in [0.3, 0.4) is 0 Å². The van der Waals surface area contributed by atoms with E-state index in [4.69, 9.17) is 14.6 Å². The molecule has 1 aromatic rings. The Bertz CT molecular complexity index is 1100. The standard InChI is InChI=1S/C28H35F2N3O4/c1-32-22-15-20(24-19(27(32)35)4-2-5-23(24)37-28(29)30)25-21-14-17(10-11-33(21)31-26(22)25)16-6-8-18(9-7-16)36-13-3-12-34/h2,4-6,10-11,17-18,20-22,25-26,28,31,34H,3,7-9,12-15H2,1H3/t17?,18-,20?,21?,22?,25?,26?/m1/s1. The topological polar surface area (TPSA) is 74.3 Å². The number of fused-ring (bicyclic) bond motifs is 9. The molecule has 1 saturated carbocycles. The summed E-state index contributed by atoms with van der Waals surface area (Å²) in [6, 6.07) is 5.19. The second kappa shape index (κ2) is 10.0. The molecule has 0 radical (unpaired) electrons. The fourth-order valence-electron chi connectivity index (χ4n) is 7.43. The summed E-state index contributed by atoms with van der Waals surface area (Å²) < 4.78 is 37.5. The van der Waals surface area contributed by atoms with Crippen LogP contribution in [0.15, 0.2) is 42.1 Å². The largest absolute Gasteiger partial charge is 0.435 e. The van der Waals surface area contributed by atoms with Crippen LogP contribution in [0.2, 0.25) is 0 Å². The van der Waals surface area contributed by atoms with Gasteiger partial charge >= 0.3 is 6.61 Å². The maximum Gasteiger partial charge on any atom is 0.387 e. The minimum absolute atomic E-state index is 0.0162. The van der Waals surface area contributed by atoms with Crippen molar-refractivity contribution in [3.05, 3.63) is 53.3 Å². The number of carbonyl (C=O) groups is 1. The van der Waals surface area contributed by atoms with E-state index in [1.165, 1.54) is 5.57 Å². The van der Waals surface area contributed by atoms with Crippen molar-refractivity contribution < 1.29 is 28.2 Å². The number of likely N-dealkylation sites (N-methyl/N-ethyl adjacent to an activating group) is 1. The van der Waals surface area contributed by atoms with Crippen molar-refractivity contribution in [1.29, 1.82) is 0 Å². The lowest BCUT2D eigenvalue weighted by Gasteiger charge is -2.37. The average molecular weight is 516 g/mol. The number of benzene rings is 1. The molecule has 0 aromatic heterocycles. The Morgan fingerprint density at radius 1 is 1.24 bits per heavy atom. The minimum Gasteiger partial charge on any atom is -0.435 e. The first-order valence-electron chi connectivity index (χ1n) is 13.5. The molecule has 1 amide bonds. The zero-order valence-corrected chi connectivity index (χ0v) is 21.1. The van der Waals surface area contributed by atoms with E-state index in [9.17, 15) is 13.6 Å². The summed E-state index contributed by atoms with van der Waals surface area (Å²) >= 11 is 0. The molecular weight excluding hydrogens is 480 g/mol. The van der Waals surface area contributed by atoms with Gasteiger partial charge in [-0.05, 0) is 56.6 Å². The molecule has 3 aliphatic heterocycles. The first-order valence-corrected chi connectivity index (χ1v) is 13.5. The third kappa shape index (κ3) is 4.34. The number of rotatable bonds is 7. The molecule has 6 rings (SSSR count). The number of hydrogen-bond donors (Lipinski definition) is 2. The number of carbonyl (C=O) groups excluding carboxylic acids is 1. The van der Waals surface area contributed by atoms with Gasteiger partial charge in [0.2, 0.25) is 0 Å². The molecule has 5 aliphatic rings. The van der Waals surface area contributed by atoms with Crippen LogP contribution in [0.4, 0.5) is 8.78 Å². The van der Waals surface area contributed by atoms with E-state index in [0.29, 0.717) is 30.1 Å². The van der Waals surface area contributed by atoms with Crippen molar-refractivity contribution in [1.82, 2.24) is 15.3 Å². The Morgan fingerprint density at radius 2 is 2.11 bits per heavy atom. The number of aliphatic hydroxyl groups is 1. The predicted octanol–water partition coefficient (Wildman–Crippen LogP) is 3.81. The van der Waals surface area contributed by atoms with Crippen molar-refractivity contribution >= 4 is 5.91 Å². The lowest BCUT2D eigenvalue weighted by atomic mass is 9.75. The zero-order valence-electron chi connectivity index (χ0n) is 21.1. The van der Waals surface area contributed by atoms with Gasteiger partial charge in [0.25, 0.3) is 5.91 Å². The first kappa shape index (κ1) is 24.8. The lowest BCUT2D eigenvalue weighted by Crippen LogP contribution is -2.49. The third-order valence-electron chi connectivity index (χ3n) is 9.09. The number of allylic oxidation sites excluding steroid dienone is 2. The summed E-state index contributed by atoms with van der Waals surface area (Å²) in [5.41, 5.74) is 6.22. The van der Waals surface area contributed by atoms with Gasteiger partial charge in [0.1, 0.15) is 5.75 Å². The number of aliphatic hydroxyl groups excluding tert-OH is 1. The van der Waals surface area contributed by atoms with Crippen LogP contribution >= 0.6 is 0 Å². The van der Waals surface area contributed by atoms with Crippen LogP contribution in [0.1, 0.15) is 60.4 Å². The zero-order chi connectivity index (χ0) is 25.7. The average Bonchev–Trinajstić information content (AvgIpc) is 3.42. The number of halogens is 2. The second-order valence-corrected chi connectivity index (χ2v) is 10.9. The van der Waals surface area contributed by atoms with E-state index in [2.05, 4.69) is 28.8 Å². The molecule has 2 N–H and O–H groups in total. The molecule has 3 heterocycles. The number of amides is 1. The molecular formula is C28H35F2N3O4. The number of alkyl halides is 2. The molecule has 7 nitrogen and oxygen atoms in total. The van der Waals surface area contributed by atoms with Gasteiger partial charge in [-0.2, -0.15) is 8.78 Å². The van der Waals surface area contributed by atoms with E-state index < -0.39 is 6.61 Å². The van der Waals surface area contributed by atoms with Crippen molar-refractivity contribution in [3.8, 4) is 5.75 Å². The van der Waals surface area contributed by atoms with E-state index in [1.807, 2.05) is 7.05 Å². The highest BCUT2D eigenvalue weighted by Gasteiger charge is 2.58. The molecule has 7 atom stereocenters. The Labute approximate surface area is 216 Å². The second-order valence-electron chi connectivity index (χ2n) is 10.9.